The molecule has 0 aliphatic heterocycles. The highest BCUT2D eigenvalue weighted by Gasteiger charge is 2.25. The van der Waals surface area contributed by atoms with Crippen molar-refractivity contribution in [1.29, 1.82) is 0 Å². The molecular formula is C18H20Cl2N2O3S. The van der Waals surface area contributed by atoms with Crippen LogP contribution in [0.25, 0.3) is 0 Å². The molecule has 2 rings (SSSR count). The quantitative estimate of drug-likeness (QED) is 0.768. The van der Waals surface area contributed by atoms with Crippen LogP contribution in [0.4, 0.5) is 5.69 Å². The van der Waals surface area contributed by atoms with Crippen LogP contribution in [0, 0.1) is 20.8 Å². The zero-order chi connectivity index (χ0) is 19.6. The molecule has 26 heavy (non-hydrogen) atoms. The molecule has 2 aromatic rings. The number of carbonyl (C=O) groups is 1. The van der Waals surface area contributed by atoms with Gasteiger partial charge in [-0.05, 0) is 57.0 Å². The Bertz CT molecular complexity index is 916. The highest BCUT2D eigenvalue weighted by molar-refractivity contribution is 7.89. The number of hydrogen-bond donors (Lipinski definition) is 2. The van der Waals surface area contributed by atoms with Crippen molar-refractivity contribution in [2.24, 2.45) is 0 Å². The van der Waals surface area contributed by atoms with Crippen molar-refractivity contribution in [3.63, 3.8) is 0 Å². The summed E-state index contributed by atoms with van der Waals surface area (Å²) < 4.78 is 27.9. The van der Waals surface area contributed by atoms with Gasteiger partial charge in [0.25, 0.3) is 0 Å². The van der Waals surface area contributed by atoms with Crippen molar-refractivity contribution in [1.82, 2.24) is 4.72 Å². The van der Waals surface area contributed by atoms with Gasteiger partial charge in [0.2, 0.25) is 15.9 Å². The molecule has 0 radical (unpaired) electrons. The van der Waals surface area contributed by atoms with E-state index in [1.54, 1.807) is 26.0 Å². The van der Waals surface area contributed by atoms with E-state index in [2.05, 4.69) is 10.0 Å². The molecule has 0 heterocycles. The normalized spacial score (nSPS) is 12.7. The first kappa shape index (κ1) is 20.7. The minimum Gasteiger partial charge on any atom is -0.325 e. The number of halogens is 2. The summed E-state index contributed by atoms with van der Waals surface area (Å²) in [5.41, 5.74) is 2.62. The maximum atomic E-state index is 12.7. The third-order valence-electron chi connectivity index (χ3n) is 3.73. The number of hydrogen-bond acceptors (Lipinski definition) is 3. The van der Waals surface area contributed by atoms with Gasteiger partial charge in [-0.2, -0.15) is 4.72 Å². The summed E-state index contributed by atoms with van der Waals surface area (Å²) in [6.07, 6.45) is 0. The van der Waals surface area contributed by atoms with Gasteiger partial charge in [-0.1, -0.05) is 40.9 Å². The van der Waals surface area contributed by atoms with Crippen LogP contribution < -0.4 is 10.0 Å². The van der Waals surface area contributed by atoms with E-state index in [9.17, 15) is 13.2 Å². The van der Waals surface area contributed by atoms with E-state index in [1.165, 1.54) is 25.1 Å². The Balaban J connectivity index is 2.20. The number of rotatable bonds is 5. The van der Waals surface area contributed by atoms with Gasteiger partial charge in [0.05, 0.1) is 10.9 Å². The molecule has 5 nitrogen and oxygen atoms in total. The number of nitrogens with one attached hydrogen (secondary N) is 2. The number of sulfonamides is 1. The second-order valence-corrected chi connectivity index (χ2v) is 8.74. The second kappa shape index (κ2) is 7.96. The van der Waals surface area contributed by atoms with Gasteiger partial charge in [0, 0.05) is 15.7 Å². The highest BCUT2D eigenvalue weighted by atomic mass is 35.5. The van der Waals surface area contributed by atoms with Crippen LogP contribution in [0.5, 0.6) is 0 Å². The number of carbonyl (C=O) groups excluding carboxylic acids is 1. The Kier molecular flexibility index (Phi) is 6.34. The predicted molar refractivity (Wildman–Crippen MR) is 106 cm³/mol. The van der Waals surface area contributed by atoms with Crippen LogP contribution in [0.1, 0.15) is 23.6 Å². The summed E-state index contributed by atoms with van der Waals surface area (Å²) in [6, 6.07) is 7.19. The topological polar surface area (TPSA) is 75.3 Å². The van der Waals surface area contributed by atoms with E-state index < -0.39 is 22.0 Å². The Labute approximate surface area is 163 Å². The van der Waals surface area contributed by atoms with Crippen LogP contribution in [0.15, 0.2) is 35.2 Å². The molecule has 0 saturated heterocycles. The summed E-state index contributed by atoms with van der Waals surface area (Å²) in [7, 11) is -3.85. The third-order valence-corrected chi connectivity index (χ3v) is 6.01. The molecule has 0 fully saturated rings. The fourth-order valence-corrected chi connectivity index (χ4v) is 4.99. The highest BCUT2D eigenvalue weighted by Crippen LogP contribution is 2.24. The molecule has 8 heteroatoms. The first-order valence-electron chi connectivity index (χ1n) is 7.87. The second-order valence-electron chi connectivity index (χ2n) is 6.22. The van der Waals surface area contributed by atoms with Crippen molar-refractivity contribution in [3.05, 3.63) is 57.1 Å². The molecule has 0 aromatic heterocycles. The largest absolute Gasteiger partial charge is 0.325 e. The van der Waals surface area contributed by atoms with Crippen molar-refractivity contribution >= 4 is 44.8 Å². The lowest BCUT2D eigenvalue weighted by Crippen LogP contribution is -2.41. The number of amides is 1. The first-order valence-corrected chi connectivity index (χ1v) is 10.1. The molecule has 2 N–H and O–H groups in total. The average Bonchev–Trinajstić information content (AvgIpc) is 2.43. The first-order chi connectivity index (χ1) is 12.0. The molecule has 0 spiro atoms. The Morgan fingerprint density at radius 1 is 0.962 bits per heavy atom. The molecule has 0 saturated carbocycles. The Morgan fingerprint density at radius 2 is 1.46 bits per heavy atom. The van der Waals surface area contributed by atoms with E-state index in [0.717, 1.165) is 5.56 Å². The molecule has 0 aliphatic rings. The fraction of sp³-hybridized carbons (Fsp3) is 0.278. The molecule has 1 amide bonds. The molecule has 140 valence electrons. The molecule has 2 aromatic carbocycles. The van der Waals surface area contributed by atoms with Crippen LogP contribution in [-0.2, 0) is 14.8 Å². The van der Waals surface area contributed by atoms with Crippen LogP contribution in [0.2, 0.25) is 10.0 Å². The van der Waals surface area contributed by atoms with Gasteiger partial charge >= 0.3 is 0 Å². The van der Waals surface area contributed by atoms with Crippen LogP contribution in [0.3, 0.4) is 0 Å². The van der Waals surface area contributed by atoms with Gasteiger partial charge in [0.15, 0.2) is 0 Å². The minimum atomic E-state index is -3.85. The lowest BCUT2D eigenvalue weighted by Gasteiger charge is -2.17. The summed E-state index contributed by atoms with van der Waals surface area (Å²) in [6.45, 7) is 6.83. The van der Waals surface area contributed by atoms with Gasteiger partial charge in [-0.3, -0.25) is 4.79 Å². The number of aryl methyl sites for hydroxylation is 3. The third kappa shape index (κ3) is 4.98. The zero-order valence-electron chi connectivity index (χ0n) is 14.9. The molecular weight excluding hydrogens is 395 g/mol. The summed E-state index contributed by atoms with van der Waals surface area (Å²) in [5.74, 6) is -0.519. The Morgan fingerprint density at radius 3 is 1.96 bits per heavy atom. The van der Waals surface area contributed by atoms with E-state index in [1.807, 2.05) is 6.92 Å². The fourth-order valence-electron chi connectivity index (χ4n) is 2.81. The maximum Gasteiger partial charge on any atom is 0.242 e. The van der Waals surface area contributed by atoms with Gasteiger partial charge in [-0.15, -0.1) is 0 Å². The summed E-state index contributed by atoms with van der Waals surface area (Å²) >= 11 is 11.8. The molecule has 1 atom stereocenters. The van der Waals surface area contributed by atoms with Crippen molar-refractivity contribution < 1.29 is 13.2 Å². The lowest BCUT2D eigenvalue weighted by atomic mass is 10.1. The van der Waals surface area contributed by atoms with E-state index in [4.69, 9.17) is 23.2 Å². The summed E-state index contributed by atoms with van der Waals surface area (Å²) in [5, 5.41) is 3.34. The SMILES string of the molecule is Cc1cc(C)c(S(=O)(=O)NC(C)C(=O)Nc2cc(Cl)cc(Cl)c2)c(C)c1. The maximum absolute atomic E-state index is 12.7. The minimum absolute atomic E-state index is 0.188. The van der Waals surface area contributed by atoms with Gasteiger partial charge in [0.1, 0.15) is 0 Å². The van der Waals surface area contributed by atoms with Crippen LogP contribution >= 0.6 is 23.2 Å². The van der Waals surface area contributed by atoms with Crippen molar-refractivity contribution in [2.75, 3.05) is 5.32 Å². The van der Waals surface area contributed by atoms with E-state index in [-0.39, 0.29) is 4.90 Å². The number of benzene rings is 2. The van der Waals surface area contributed by atoms with E-state index in [0.29, 0.717) is 26.9 Å². The standard InChI is InChI=1S/C18H20Cl2N2O3S/c1-10-5-11(2)17(12(3)6-10)26(24,25)22-13(4)18(23)21-16-8-14(19)7-15(20)9-16/h5-9,13,22H,1-4H3,(H,21,23). The van der Waals surface area contributed by atoms with Crippen molar-refractivity contribution in [2.45, 2.75) is 38.6 Å². The van der Waals surface area contributed by atoms with Gasteiger partial charge in [-0.25, -0.2) is 8.42 Å². The Hall–Kier alpha value is -1.60. The van der Waals surface area contributed by atoms with E-state index >= 15 is 0 Å². The monoisotopic (exact) mass is 414 g/mol. The molecule has 1 unspecified atom stereocenters. The lowest BCUT2D eigenvalue weighted by molar-refractivity contribution is -0.117. The zero-order valence-corrected chi connectivity index (χ0v) is 17.2. The number of anilines is 1. The predicted octanol–water partition coefficient (Wildman–Crippen LogP) is 4.22. The van der Waals surface area contributed by atoms with Crippen LogP contribution in [-0.4, -0.2) is 20.4 Å². The average molecular weight is 415 g/mol. The van der Waals surface area contributed by atoms with Gasteiger partial charge < -0.3 is 5.32 Å². The molecule has 0 bridgehead atoms. The molecule has 0 aliphatic carbocycles. The van der Waals surface area contributed by atoms with Crippen molar-refractivity contribution in [3.8, 4) is 0 Å². The smallest absolute Gasteiger partial charge is 0.242 e. The summed E-state index contributed by atoms with van der Waals surface area (Å²) in [4.78, 5) is 12.5.